The molecule has 0 aromatic heterocycles. The van der Waals surface area contributed by atoms with Crippen molar-refractivity contribution in [3.05, 3.63) is 41.6 Å². The minimum atomic E-state index is -1.59. The van der Waals surface area contributed by atoms with Gasteiger partial charge < -0.3 is 103 Å². The Morgan fingerprint density at radius 3 is 1.90 bits per heavy atom. The van der Waals surface area contributed by atoms with Gasteiger partial charge in [-0.05, 0) is 121 Å². The summed E-state index contributed by atoms with van der Waals surface area (Å²) in [4.78, 5) is 127. The summed E-state index contributed by atoms with van der Waals surface area (Å²) in [6, 6.07) is -2.26. The summed E-state index contributed by atoms with van der Waals surface area (Å²) in [7, 11) is 1.48. The number of hydrogen-bond acceptors (Lipinski definition) is 18. The Balaban J connectivity index is 2.33. The number of carbonyl (C=O) groups excluding carboxylic acids is 8. The number of carbonyl (C=O) groups is 9. The van der Waals surface area contributed by atoms with Gasteiger partial charge in [-0.25, -0.2) is 4.79 Å². The zero-order chi connectivity index (χ0) is 58.2. The van der Waals surface area contributed by atoms with Crippen LogP contribution in [-0.4, -0.2) is 182 Å². The molecule has 8 atom stereocenters. The van der Waals surface area contributed by atoms with Gasteiger partial charge in [0.1, 0.15) is 47.7 Å². The smallest absolute Gasteiger partial charge is 0.352 e. The molecule has 0 bridgehead atoms. The first-order valence-corrected chi connectivity index (χ1v) is 26.2. The van der Waals surface area contributed by atoms with E-state index in [0.717, 1.165) is 0 Å². The number of guanidine groups is 1. The molecule has 0 saturated carbocycles. The highest BCUT2D eigenvalue weighted by Crippen LogP contribution is 2.21. The zero-order valence-corrected chi connectivity index (χ0v) is 44.6. The topological polar surface area (TPSA) is 511 Å². The summed E-state index contributed by atoms with van der Waals surface area (Å²) < 4.78 is 5.27. The van der Waals surface area contributed by atoms with Gasteiger partial charge in [0.15, 0.2) is 5.96 Å². The van der Waals surface area contributed by atoms with Crippen molar-refractivity contribution in [2.24, 2.45) is 50.9 Å². The Morgan fingerprint density at radius 1 is 0.718 bits per heavy atom. The maximum Gasteiger partial charge on any atom is 0.352 e. The monoisotopic (exact) mass is 1100 g/mol. The first-order valence-electron chi connectivity index (χ1n) is 26.2. The molecule has 25 N–H and O–H groups in total. The lowest BCUT2D eigenvalue weighted by Crippen LogP contribution is -2.61. The molecule has 2 rings (SSSR count). The van der Waals surface area contributed by atoms with E-state index >= 15 is 0 Å². The molecule has 1 aliphatic rings. The van der Waals surface area contributed by atoms with Crippen LogP contribution in [0.5, 0.6) is 5.75 Å². The number of nitrogens with zero attached hydrogens (tertiary/aromatic N) is 2. The Bertz CT molecular complexity index is 2160. The number of aliphatic hydroxyl groups excluding tert-OH is 1. The number of methoxy groups -OCH3 is 1. The minimum Gasteiger partial charge on any atom is -0.497 e. The van der Waals surface area contributed by atoms with E-state index in [4.69, 9.17) is 50.6 Å². The largest absolute Gasteiger partial charge is 0.497 e. The molecule has 78 heavy (non-hydrogen) atoms. The number of carboxylic acids is 1. The third kappa shape index (κ3) is 24.1. The number of ether oxygens (including phenoxy) is 1. The fourth-order valence-corrected chi connectivity index (χ4v) is 8.17. The van der Waals surface area contributed by atoms with Crippen molar-refractivity contribution in [2.75, 3.05) is 59.5 Å². The van der Waals surface area contributed by atoms with Gasteiger partial charge in [-0.1, -0.05) is 24.6 Å². The minimum absolute atomic E-state index is 0.00803. The molecule has 0 aliphatic carbocycles. The second-order valence-corrected chi connectivity index (χ2v) is 18.6. The van der Waals surface area contributed by atoms with Crippen LogP contribution < -0.4 is 87.8 Å². The van der Waals surface area contributed by atoms with Gasteiger partial charge >= 0.3 is 5.97 Å². The molecule has 29 heteroatoms. The summed E-state index contributed by atoms with van der Waals surface area (Å²) in [5.74, 6) is -7.50. The number of nitrogens with two attached hydrogens (primary N) is 8. The van der Waals surface area contributed by atoms with E-state index in [1.165, 1.54) is 18.1 Å². The van der Waals surface area contributed by atoms with Crippen LogP contribution in [0.4, 0.5) is 0 Å². The fourth-order valence-electron chi connectivity index (χ4n) is 8.17. The Labute approximate surface area is 454 Å². The van der Waals surface area contributed by atoms with E-state index < -0.39 is 120 Å². The van der Waals surface area contributed by atoms with Gasteiger partial charge in [-0.15, -0.1) is 0 Å². The Kier molecular flexibility index (Phi) is 31.7. The predicted molar refractivity (Wildman–Crippen MR) is 289 cm³/mol. The van der Waals surface area contributed by atoms with Crippen LogP contribution >= 0.6 is 0 Å². The normalized spacial score (nSPS) is 15.9. The average Bonchev–Trinajstić information content (AvgIpc) is 3.92. The summed E-state index contributed by atoms with van der Waals surface area (Å²) in [6.07, 6.45) is 2.96. The number of aliphatic hydroxyl groups is 1. The van der Waals surface area contributed by atoms with Crippen molar-refractivity contribution in [3.63, 3.8) is 0 Å². The number of aliphatic carboxylic acids is 1. The van der Waals surface area contributed by atoms with Crippen molar-refractivity contribution >= 4 is 59.2 Å². The molecule has 1 aliphatic heterocycles. The Hall–Kier alpha value is -7.02. The van der Waals surface area contributed by atoms with Crippen molar-refractivity contribution in [3.8, 4) is 5.75 Å². The van der Waals surface area contributed by atoms with Crippen LogP contribution in [-0.2, 0) is 49.6 Å². The van der Waals surface area contributed by atoms with Crippen LogP contribution in [0.1, 0.15) is 89.0 Å². The molecule has 0 spiro atoms. The molecule has 1 saturated heterocycles. The van der Waals surface area contributed by atoms with Gasteiger partial charge in [-0.3, -0.25) is 43.3 Å². The van der Waals surface area contributed by atoms with E-state index in [2.05, 4.69) is 42.2 Å². The molecule has 0 radical (unpaired) electrons. The Morgan fingerprint density at radius 2 is 1.31 bits per heavy atom. The SMILES string of the molecule is COc1ccc(C[C@H](NC(=O)[C@@H]2CCCN2C(=O)[C@@H](CCCN)NC(=O)CNC(=O)[C@H](CCCN)NC(=O)C(NC(=O)[C@@H](N)CCCCN)[C@@H](O)CN)C(=O)N[C@@H](CCCCN)C(=O)N/C(=C\CCN=C(N)N)C(=O)O)cc1. The third-order valence-corrected chi connectivity index (χ3v) is 12.5. The first-order chi connectivity index (χ1) is 37.2. The number of rotatable bonds is 38. The summed E-state index contributed by atoms with van der Waals surface area (Å²) in [6.45, 7) is -0.0645. The summed E-state index contributed by atoms with van der Waals surface area (Å²) in [5.41, 5.74) is 45.2. The number of amides is 8. The van der Waals surface area contributed by atoms with Gasteiger partial charge in [0.05, 0.1) is 25.8 Å². The molecule has 1 fully saturated rings. The lowest BCUT2D eigenvalue weighted by atomic mass is 10.0. The van der Waals surface area contributed by atoms with Crippen LogP contribution in [0.2, 0.25) is 0 Å². The van der Waals surface area contributed by atoms with E-state index in [-0.39, 0.29) is 96.5 Å². The van der Waals surface area contributed by atoms with Crippen molar-refractivity contribution in [2.45, 2.75) is 138 Å². The number of carboxylic acid groups (broad SMARTS) is 1. The van der Waals surface area contributed by atoms with E-state index in [0.29, 0.717) is 50.0 Å². The number of likely N-dealkylation sites (tertiary alicyclic amines) is 1. The van der Waals surface area contributed by atoms with Crippen molar-refractivity contribution in [1.29, 1.82) is 0 Å². The number of unbranched alkanes of at least 4 members (excludes halogenated alkanes) is 2. The molecule has 1 heterocycles. The van der Waals surface area contributed by atoms with Crippen LogP contribution in [0.15, 0.2) is 41.0 Å². The number of aliphatic imine (C=N–C) groups is 1. The van der Waals surface area contributed by atoms with Crippen molar-refractivity contribution in [1.82, 2.24) is 42.1 Å². The van der Waals surface area contributed by atoms with Gasteiger partial charge in [0.2, 0.25) is 47.3 Å². The molecular weight excluding hydrogens is 1020 g/mol. The van der Waals surface area contributed by atoms with Crippen LogP contribution in [0, 0.1) is 0 Å². The second kappa shape index (κ2) is 36.9. The molecular formula is C49H85N17O12. The third-order valence-electron chi connectivity index (χ3n) is 12.5. The average molecular weight is 1100 g/mol. The molecule has 29 nitrogen and oxygen atoms in total. The maximum atomic E-state index is 14.3. The van der Waals surface area contributed by atoms with E-state index in [1.807, 2.05) is 0 Å². The number of nitrogens with one attached hydrogen (secondary N) is 7. The van der Waals surface area contributed by atoms with E-state index in [9.17, 15) is 53.4 Å². The van der Waals surface area contributed by atoms with Gasteiger partial charge in [-0.2, -0.15) is 0 Å². The maximum absolute atomic E-state index is 14.3. The van der Waals surface area contributed by atoms with Gasteiger partial charge in [0, 0.05) is 26.1 Å². The number of hydrogen-bond donors (Lipinski definition) is 17. The summed E-state index contributed by atoms with van der Waals surface area (Å²) >= 11 is 0. The summed E-state index contributed by atoms with van der Waals surface area (Å²) in [5, 5.41) is 38.1. The highest BCUT2D eigenvalue weighted by molar-refractivity contribution is 5.99. The second-order valence-electron chi connectivity index (χ2n) is 18.6. The highest BCUT2D eigenvalue weighted by Gasteiger charge is 2.40. The zero-order valence-electron chi connectivity index (χ0n) is 44.6. The quantitative estimate of drug-likeness (QED) is 0.0127. The predicted octanol–water partition coefficient (Wildman–Crippen LogP) is -6.10. The molecule has 8 amide bonds. The van der Waals surface area contributed by atoms with Crippen LogP contribution in [0.3, 0.4) is 0 Å². The highest BCUT2D eigenvalue weighted by atomic mass is 16.5. The van der Waals surface area contributed by atoms with Crippen LogP contribution in [0.25, 0.3) is 0 Å². The number of benzene rings is 1. The molecule has 1 aromatic rings. The fraction of sp³-hybridized carbons (Fsp3) is 0.633. The standard InChI is InChI=1S/C49H85N17O12/c1-78-30-18-16-29(17-19-30)26-36(44(72)61-33(11-3-5-21-51)43(71)63-35(48(76)77)14-8-24-58-49(56)57)64-45(73)37-15-9-25-66(37)47(75)34(13-7-23-53)60-39(68)28-59-42(70)32(12-6-22-52)62-46(74)40(38(67)27-54)65-41(69)31(55)10-2-4-20-50/h14,16-19,31-34,36-38,40,67H,2-13,15,20-28,50-55H2,1H3,(H,59,70)(H,60,68)(H,61,72)(H,62,74)(H,63,71)(H,64,73)(H,65,69)(H,76,77)(H4,56,57,58)/b35-14-/t31-,32-,33-,34+,36-,37-,38-,40?/m0/s1. The molecule has 1 unspecified atom stereocenters. The lowest BCUT2D eigenvalue weighted by Gasteiger charge is -2.30. The van der Waals surface area contributed by atoms with Crippen molar-refractivity contribution < 1.29 is 58.1 Å². The molecule has 1 aromatic carbocycles. The first kappa shape index (κ1) is 67.1. The van der Waals surface area contributed by atoms with E-state index in [1.54, 1.807) is 24.3 Å². The lowest BCUT2D eigenvalue weighted by molar-refractivity contribution is -0.142. The van der Waals surface area contributed by atoms with Gasteiger partial charge in [0.25, 0.3) is 0 Å². The molecule has 438 valence electrons.